The van der Waals surface area contributed by atoms with Crippen LogP contribution in [0.3, 0.4) is 0 Å². The van der Waals surface area contributed by atoms with E-state index in [0.717, 1.165) is 28.4 Å². The van der Waals surface area contributed by atoms with Crippen LogP contribution in [-0.4, -0.2) is 31.5 Å². The number of amides is 1. The van der Waals surface area contributed by atoms with Crippen molar-refractivity contribution in [1.82, 2.24) is 9.29 Å². The van der Waals surface area contributed by atoms with E-state index in [1.165, 1.54) is 12.1 Å². The Balaban J connectivity index is 1.42. The molecule has 1 aromatic heterocycles. The molecule has 4 aromatic rings. The van der Waals surface area contributed by atoms with Gasteiger partial charge in [-0.3, -0.25) is 4.79 Å². The molecule has 3 aromatic carbocycles. The van der Waals surface area contributed by atoms with Gasteiger partial charge in [-0.2, -0.15) is 0 Å². The lowest BCUT2D eigenvalue weighted by Gasteiger charge is -2.12. The standard InChI is InChI=1S/C26H29N3O4S/c1-4-18(3)28-34(31,32)21-13-11-20(12-14-21)33-17-26(30)27-19-10-15-25-23(16-19)22-8-6-7-9-24(22)29(25)5-2/h6-16,18,28H,4-5,17H2,1-3H3,(H,27,30)/t18-/m1/s1. The summed E-state index contributed by atoms with van der Waals surface area (Å²) in [5.74, 6) is 0.118. The van der Waals surface area contributed by atoms with E-state index in [4.69, 9.17) is 4.74 Å². The Hall–Kier alpha value is -3.36. The molecule has 1 heterocycles. The van der Waals surface area contributed by atoms with Gasteiger partial charge in [-0.1, -0.05) is 25.1 Å². The van der Waals surface area contributed by atoms with Crippen LogP contribution in [0.2, 0.25) is 0 Å². The third-order valence-corrected chi connectivity index (χ3v) is 7.45. The maximum atomic E-state index is 12.5. The fraction of sp³-hybridized carbons (Fsp3) is 0.269. The lowest BCUT2D eigenvalue weighted by molar-refractivity contribution is -0.118. The Morgan fingerprint density at radius 1 is 0.971 bits per heavy atom. The van der Waals surface area contributed by atoms with Gasteiger partial charge in [-0.25, -0.2) is 13.1 Å². The number of aryl methyl sites for hydroxylation is 1. The molecule has 0 fully saturated rings. The highest BCUT2D eigenvalue weighted by atomic mass is 32.2. The van der Waals surface area contributed by atoms with Gasteiger partial charge in [-0.05, 0) is 68.8 Å². The highest BCUT2D eigenvalue weighted by Crippen LogP contribution is 2.31. The Labute approximate surface area is 199 Å². The summed E-state index contributed by atoms with van der Waals surface area (Å²) in [4.78, 5) is 12.6. The lowest BCUT2D eigenvalue weighted by Crippen LogP contribution is -2.31. The van der Waals surface area contributed by atoms with Crippen molar-refractivity contribution in [3.63, 3.8) is 0 Å². The second-order valence-electron chi connectivity index (χ2n) is 8.23. The van der Waals surface area contributed by atoms with Gasteiger partial charge < -0.3 is 14.6 Å². The smallest absolute Gasteiger partial charge is 0.262 e. The molecule has 7 nitrogen and oxygen atoms in total. The van der Waals surface area contributed by atoms with Crippen molar-refractivity contribution in [2.24, 2.45) is 0 Å². The van der Waals surface area contributed by atoms with E-state index in [2.05, 4.69) is 33.7 Å². The summed E-state index contributed by atoms with van der Waals surface area (Å²) in [7, 11) is -3.58. The number of sulfonamides is 1. The molecule has 2 N–H and O–H groups in total. The Kier molecular flexibility index (Phi) is 6.90. The summed E-state index contributed by atoms with van der Waals surface area (Å²) in [5, 5.41) is 5.11. The molecule has 0 saturated heterocycles. The topological polar surface area (TPSA) is 89.4 Å². The van der Waals surface area contributed by atoms with Gasteiger partial charge in [0.2, 0.25) is 10.0 Å². The zero-order valence-electron chi connectivity index (χ0n) is 19.5. The van der Waals surface area contributed by atoms with Gasteiger partial charge in [0.05, 0.1) is 4.90 Å². The van der Waals surface area contributed by atoms with Gasteiger partial charge in [0, 0.05) is 40.1 Å². The minimum atomic E-state index is -3.58. The molecule has 1 atom stereocenters. The molecule has 0 aliphatic carbocycles. The van der Waals surface area contributed by atoms with Crippen molar-refractivity contribution in [3.05, 3.63) is 66.7 Å². The van der Waals surface area contributed by atoms with E-state index < -0.39 is 10.0 Å². The number of anilines is 1. The average Bonchev–Trinajstić information content (AvgIpc) is 3.15. The predicted octanol–water partition coefficient (Wildman–Crippen LogP) is 4.91. The molecule has 0 spiro atoms. The normalized spacial score (nSPS) is 12.7. The van der Waals surface area contributed by atoms with Crippen LogP contribution in [0, 0.1) is 0 Å². The molecule has 8 heteroatoms. The van der Waals surface area contributed by atoms with Crippen LogP contribution in [0.5, 0.6) is 5.75 Å². The van der Waals surface area contributed by atoms with Gasteiger partial charge in [0.1, 0.15) is 5.75 Å². The number of fused-ring (bicyclic) bond motifs is 3. The van der Waals surface area contributed by atoms with Gasteiger partial charge in [0.15, 0.2) is 6.61 Å². The first-order chi connectivity index (χ1) is 16.3. The first-order valence-electron chi connectivity index (χ1n) is 11.4. The summed E-state index contributed by atoms with van der Waals surface area (Å²) in [6.07, 6.45) is 0.698. The molecule has 1 amide bonds. The van der Waals surface area contributed by atoms with Crippen molar-refractivity contribution in [3.8, 4) is 5.75 Å². The van der Waals surface area contributed by atoms with Crippen LogP contribution in [0.1, 0.15) is 27.2 Å². The SMILES string of the molecule is CC[C@@H](C)NS(=O)(=O)c1ccc(OCC(=O)Nc2ccc3c(c2)c2ccccc2n3CC)cc1. The number of hydrogen-bond donors (Lipinski definition) is 2. The molecule has 0 unspecified atom stereocenters. The summed E-state index contributed by atoms with van der Waals surface area (Å²) in [5.41, 5.74) is 2.98. The van der Waals surface area contributed by atoms with Crippen LogP contribution >= 0.6 is 0 Å². The number of hydrogen-bond acceptors (Lipinski definition) is 4. The molecule has 178 valence electrons. The number of nitrogens with one attached hydrogen (secondary N) is 2. The first-order valence-corrected chi connectivity index (χ1v) is 12.9. The molecule has 4 rings (SSSR count). The Bertz CT molecular complexity index is 1430. The molecule has 0 aliphatic rings. The van der Waals surface area contributed by atoms with Crippen molar-refractivity contribution >= 4 is 43.4 Å². The van der Waals surface area contributed by atoms with Gasteiger partial charge in [-0.15, -0.1) is 0 Å². The number of rotatable bonds is 9. The molecule has 0 aliphatic heterocycles. The third-order valence-electron chi connectivity index (χ3n) is 5.85. The number of ether oxygens (including phenoxy) is 1. The fourth-order valence-electron chi connectivity index (χ4n) is 3.95. The Morgan fingerprint density at radius 3 is 2.38 bits per heavy atom. The molecule has 0 saturated carbocycles. The van der Waals surface area contributed by atoms with Crippen LogP contribution in [-0.2, 0) is 21.4 Å². The number of aromatic nitrogens is 1. The quantitative estimate of drug-likeness (QED) is 0.357. The summed E-state index contributed by atoms with van der Waals surface area (Å²) in [6, 6.07) is 20.0. The number of carbonyl (C=O) groups excluding carboxylic acids is 1. The van der Waals surface area contributed by atoms with Crippen molar-refractivity contribution in [1.29, 1.82) is 0 Å². The van der Waals surface area contributed by atoms with E-state index in [9.17, 15) is 13.2 Å². The van der Waals surface area contributed by atoms with E-state index in [-0.39, 0.29) is 23.5 Å². The van der Waals surface area contributed by atoms with Crippen LogP contribution in [0.15, 0.2) is 71.6 Å². The van der Waals surface area contributed by atoms with Gasteiger partial charge >= 0.3 is 0 Å². The minimum absolute atomic E-state index is 0.151. The zero-order chi connectivity index (χ0) is 24.3. The van der Waals surface area contributed by atoms with Crippen molar-refractivity contribution in [2.75, 3.05) is 11.9 Å². The van der Waals surface area contributed by atoms with Crippen LogP contribution in [0.4, 0.5) is 5.69 Å². The molecule has 0 radical (unpaired) electrons. The number of nitrogens with zero attached hydrogens (tertiary/aromatic N) is 1. The maximum Gasteiger partial charge on any atom is 0.262 e. The van der Waals surface area contributed by atoms with Gasteiger partial charge in [0.25, 0.3) is 5.91 Å². The largest absolute Gasteiger partial charge is 0.484 e. The Morgan fingerprint density at radius 2 is 1.68 bits per heavy atom. The molecule has 0 bridgehead atoms. The average molecular weight is 480 g/mol. The second kappa shape index (κ2) is 9.87. The number of benzene rings is 3. The van der Waals surface area contributed by atoms with E-state index >= 15 is 0 Å². The highest BCUT2D eigenvalue weighted by Gasteiger charge is 2.16. The summed E-state index contributed by atoms with van der Waals surface area (Å²) in [6.45, 7) is 6.51. The van der Waals surface area contributed by atoms with E-state index in [1.54, 1.807) is 12.1 Å². The van der Waals surface area contributed by atoms with Crippen LogP contribution in [0.25, 0.3) is 21.8 Å². The molecule has 34 heavy (non-hydrogen) atoms. The first kappa shape index (κ1) is 23.8. The predicted molar refractivity (Wildman–Crippen MR) is 136 cm³/mol. The fourth-order valence-corrected chi connectivity index (χ4v) is 5.28. The summed E-state index contributed by atoms with van der Waals surface area (Å²) >= 11 is 0. The summed E-state index contributed by atoms with van der Waals surface area (Å²) < 4.78 is 35.1. The lowest BCUT2D eigenvalue weighted by atomic mass is 10.1. The monoisotopic (exact) mass is 479 g/mol. The highest BCUT2D eigenvalue weighted by molar-refractivity contribution is 7.89. The van der Waals surface area contributed by atoms with Crippen molar-refractivity contribution < 1.29 is 17.9 Å². The van der Waals surface area contributed by atoms with E-state index in [0.29, 0.717) is 17.9 Å². The van der Waals surface area contributed by atoms with Crippen molar-refractivity contribution in [2.45, 2.75) is 44.7 Å². The number of para-hydroxylation sites is 1. The molecular formula is C26H29N3O4S. The minimum Gasteiger partial charge on any atom is -0.484 e. The van der Waals surface area contributed by atoms with Crippen LogP contribution < -0.4 is 14.8 Å². The molecular weight excluding hydrogens is 450 g/mol. The zero-order valence-corrected chi connectivity index (χ0v) is 20.4. The number of carbonyl (C=O) groups is 1. The second-order valence-corrected chi connectivity index (χ2v) is 9.95. The third kappa shape index (κ3) is 4.93. The van der Waals surface area contributed by atoms with E-state index in [1.807, 2.05) is 44.2 Å². The maximum absolute atomic E-state index is 12.5.